The molecular formula is C12H15NO3. The van der Waals surface area contributed by atoms with Gasteiger partial charge in [0.05, 0.1) is 12.1 Å². The van der Waals surface area contributed by atoms with E-state index in [1.807, 2.05) is 30.3 Å². The maximum absolute atomic E-state index is 11.6. The molecule has 1 aliphatic rings. The third kappa shape index (κ3) is 1.81. The largest absolute Gasteiger partial charge is 0.390 e. The van der Waals surface area contributed by atoms with Crippen molar-refractivity contribution in [2.24, 2.45) is 0 Å². The molecule has 3 atom stereocenters. The minimum atomic E-state index is -1.29. The Balaban J connectivity index is 2.26. The standard InChI is InChI=1S/C12H15NO3/c1-13-9(8-5-3-2-4-6-8)7-10(14)11(15)12(13)16/h2-6,9-11,14-15H,7H2,1H3/t9?,10-,11-/m1/s1. The van der Waals surface area contributed by atoms with Crippen LogP contribution in [0.25, 0.3) is 0 Å². The fourth-order valence-corrected chi connectivity index (χ4v) is 2.08. The lowest BCUT2D eigenvalue weighted by atomic mass is 9.92. The van der Waals surface area contributed by atoms with E-state index in [2.05, 4.69) is 0 Å². The van der Waals surface area contributed by atoms with Gasteiger partial charge in [0.1, 0.15) is 0 Å². The van der Waals surface area contributed by atoms with Crippen LogP contribution in [-0.4, -0.2) is 40.3 Å². The van der Waals surface area contributed by atoms with Gasteiger partial charge in [-0.3, -0.25) is 4.79 Å². The number of likely N-dealkylation sites (tertiary alicyclic amines) is 1. The second-order valence-corrected chi connectivity index (χ2v) is 4.12. The van der Waals surface area contributed by atoms with Gasteiger partial charge in [-0.2, -0.15) is 0 Å². The van der Waals surface area contributed by atoms with Gasteiger partial charge in [-0.25, -0.2) is 0 Å². The number of piperidine rings is 1. The van der Waals surface area contributed by atoms with Gasteiger partial charge in [-0.15, -0.1) is 0 Å². The zero-order valence-corrected chi connectivity index (χ0v) is 9.08. The van der Waals surface area contributed by atoms with Crippen molar-refractivity contribution in [1.82, 2.24) is 4.90 Å². The first-order chi connectivity index (χ1) is 7.61. The predicted octanol–water partition coefficient (Wildman–Crippen LogP) is 0.312. The van der Waals surface area contributed by atoms with E-state index in [1.165, 1.54) is 4.90 Å². The zero-order valence-electron chi connectivity index (χ0n) is 9.08. The molecule has 2 rings (SSSR count). The summed E-state index contributed by atoms with van der Waals surface area (Å²) in [4.78, 5) is 13.1. The molecule has 1 saturated heterocycles. The van der Waals surface area contributed by atoms with Crippen LogP contribution in [-0.2, 0) is 4.79 Å². The van der Waals surface area contributed by atoms with E-state index in [0.717, 1.165) is 5.56 Å². The molecule has 0 spiro atoms. The van der Waals surface area contributed by atoms with Crippen molar-refractivity contribution in [1.29, 1.82) is 0 Å². The molecule has 0 radical (unpaired) electrons. The first-order valence-electron chi connectivity index (χ1n) is 5.29. The average molecular weight is 221 g/mol. The SMILES string of the molecule is CN1C(=O)[C@H](O)[C@H](O)CC1c1ccccc1. The molecular weight excluding hydrogens is 206 g/mol. The van der Waals surface area contributed by atoms with E-state index in [0.29, 0.717) is 6.42 Å². The van der Waals surface area contributed by atoms with Gasteiger partial charge in [0, 0.05) is 13.5 Å². The molecule has 1 aromatic rings. The Hall–Kier alpha value is -1.39. The average Bonchev–Trinajstić information content (AvgIpc) is 2.32. The van der Waals surface area contributed by atoms with Crippen molar-refractivity contribution in [3.05, 3.63) is 35.9 Å². The maximum Gasteiger partial charge on any atom is 0.254 e. The molecule has 1 amide bonds. The molecule has 1 fully saturated rings. The highest BCUT2D eigenvalue weighted by atomic mass is 16.3. The molecule has 0 aliphatic carbocycles. The minimum absolute atomic E-state index is 0.160. The summed E-state index contributed by atoms with van der Waals surface area (Å²) in [6.07, 6.45) is -1.90. The molecule has 0 bridgehead atoms. The molecule has 86 valence electrons. The van der Waals surface area contributed by atoms with Gasteiger partial charge >= 0.3 is 0 Å². The van der Waals surface area contributed by atoms with E-state index >= 15 is 0 Å². The molecule has 16 heavy (non-hydrogen) atoms. The molecule has 0 aromatic heterocycles. The van der Waals surface area contributed by atoms with Crippen LogP contribution in [0.4, 0.5) is 0 Å². The first-order valence-corrected chi connectivity index (χ1v) is 5.29. The Kier molecular flexibility index (Phi) is 2.94. The number of nitrogens with zero attached hydrogens (tertiary/aromatic N) is 1. The summed E-state index contributed by atoms with van der Waals surface area (Å²) >= 11 is 0. The highest BCUT2D eigenvalue weighted by Gasteiger charge is 2.38. The number of hydrogen-bond donors (Lipinski definition) is 2. The number of aliphatic hydroxyl groups is 2. The van der Waals surface area contributed by atoms with Crippen LogP contribution in [0.5, 0.6) is 0 Å². The summed E-state index contributed by atoms with van der Waals surface area (Å²) in [5.74, 6) is -0.424. The number of amides is 1. The van der Waals surface area contributed by atoms with Crippen LogP contribution >= 0.6 is 0 Å². The second kappa shape index (κ2) is 4.23. The van der Waals surface area contributed by atoms with Crippen molar-refractivity contribution in [2.45, 2.75) is 24.7 Å². The van der Waals surface area contributed by atoms with Gasteiger partial charge < -0.3 is 15.1 Å². The van der Waals surface area contributed by atoms with Gasteiger partial charge in [-0.1, -0.05) is 30.3 Å². The fourth-order valence-electron chi connectivity index (χ4n) is 2.08. The lowest BCUT2D eigenvalue weighted by molar-refractivity contribution is -0.155. The van der Waals surface area contributed by atoms with Gasteiger partial charge in [0.25, 0.3) is 5.91 Å². The molecule has 4 nitrogen and oxygen atoms in total. The molecule has 1 heterocycles. The highest BCUT2D eigenvalue weighted by molar-refractivity contribution is 5.82. The fraction of sp³-hybridized carbons (Fsp3) is 0.417. The summed E-state index contributed by atoms with van der Waals surface area (Å²) in [5.41, 5.74) is 0.976. The van der Waals surface area contributed by atoms with Crippen molar-refractivity contribution >= 4 is 5.91 Å². The van der Waals surface area contributed by atoms with E-state index < -0.39 is 18.1 Å². The lowest BCUT2D eigenvalue weighted by Crippen LogP contribution is -2.51. The quantitative estimate of drug-likeness (QED) is 0.717. The summed E-state index contributed by atoms with van der Waals surface area (Å²) in [5, 5.41) is 19.0. The van der Waals surface area contributed by atoms with Gasteiger partial charge in [0.15, 0.2) is 6.10 Å². The molecule has 1 aliphatic heterocycles. The predicted molar refractivity (Wildman–Crippen MR) is 58.6 cm³/mol. The third-order valence-electron chi connectivity index (χ3n) is 3.08. The number of likely N-dealkylation sites (N-methyl/N-ethyl adjacent to an activating group) is 1. The Morgan fingerprint density at radius 1 is 1.25 bits per heavy atom. The summed E-state index contributed by atoms with van der Waals surface area (Å²) in [6.45, 7) is 0. The number of aliphatic hydroxyl groups excluding tert-OH is 2. The lowest BCUT2D eigenvalue weighted by Gasteiger charge is -2.37. The highest BCUT2D eigenvalue weighted by Crippen LogP contribution is 2.30. The maximum atomic E-state index is 11.6. The van der Waals surface area contributed by atoms with Crippen LogP contribution in [0.2, 0.25) is 0 Å². The minimum Gasteiger partial charge on any atom is -0.390 e. The molecule has 4 heteroatoms. The summed E-state index contributed by atoms with van der Waals surface area (Å²) in [6, 6.07) is 9.36. The number of carbonyl (C=O) groups is 1. The number of carbonyl (C=O) groups excluding carboxylic acids is 1. The van der Waals surface area contributed by atoms with Crippen molar-refractivity contribution in [2.75, 3.05) is 7.05 Å². The Morgan fingerprint density at radius 2 is 1.88 bits per heavy atom. The topological polar surface area (TPSA) is 60.8 Å². The summed E-state index contributed by atoms with van der Waals surface area (Å²) in [7, 11) is 1.65. The normalized spacial score (nSPS) is 30.6. The van der Waals surface area contributed by atoms with Crippen LogP contribution in [0, 0.1) is 0 Å². The van der Waals surface area contributed by atoms with Crippen molar-refractivity contribution < 1.29 is 15.0 Å². The number of benzene rings is 1. The Bertz CT molecular complexity index is 379. The zero-order chi connectivity index (χ0) is 11.7. The van der Waals surface area contributed by atoms with E-state index in [-0.39, 0.29) is 6.04 Å². The summed E-state index contributed by atoms with van der Waals surface area (Å²) < 4.78 is 0. The van der Waals surface area contributed by atoms with Crippen LogP contribution in [0.15, 0.2) is 30.3 Å². The smallest absolute Gasteiger partial charge is 0.254 e. The molecule has 1 aromatic carbocycles. The molecule has 2 N–H and O–H groups in total. The van der Waals surface area contributed by atoms with E-state index in [9.17, 15) is 15.0 Å². The van der Waals surface area contributed by atoms with Crippen molar-refractivity contribution in [3.63, 3.8) is 0 Å². The van der Waals surface area contributed by atoms with Crippen LogP contribution in [0.3, 0.4) is 0 Å². The monoisotopic (exact) mass is 221 g/mol. The second-order valence-electron chi connectivity index (χ2n) is 4.12. The van der Waals surface area contributed by atoms with E-state index in [4.69, 9.17) is 0 Å². The molecule has 1 unspecified atom stereocenters. The Labute approximate surface area is 94.1 Å². The number of rotatable bonds is 1. The van der Waals surface area contributed by atoms with Crippen LogP contribution in [0.1, 0.15) is 18.0 Å². The van der Waals surface area contributed by atoms with Gasteiger partial charge in [-0.05, 0) is 5.56 Å². The molecule has 0 saturated carbocycles. The number of hydrogen-bond acceptors (Lipinski definition) is 3. The van der Waals surface area contributed by atoms with Crippen LogP contribution < -0.4 is 0 Å². The Morgan fingerprint density at radius 3 is 2.50 bits per heavy atom. The van der Waals surface area contributed by atoms with E-state index in [1.54, 1.807) is 7.05 Å². The first kappa shape index (κ1) is 11.1. The van der Waals surface area contributed by atoms with Crippen molar-refractivity contribution in [3.8, 4) is 0 Å². The van der Waals surface area contributed by atoms with Gasteiger partial charge in [0.2, 0.25) is 0 Å². The third-order valence-corrected chi connectivity index (χ3v) is 3.08.